The fourth-order valence-corrected chi connectivity index (χ4v) is 3.32. The van der Waals surface area contributed by atoms with Crippen molar-refractivity contribution in [2.45, 2.75) is 22.4 Å². The van der Waals surface area contributed by atoms with Crippen LogP contribution in [-0.4, -0.2) is 48.2 Å². The number of ether oxygens (including phenoxy) is 1. The summed E-state index contributed by atoms with van der Waals surface area (Å²) >= 11 is 2.72. The molecule has 0 saturated carbocycles. The van der Waals surface area contributed by atoms with Crippen LogP contribution in [0.4, 0.5) is 16.2 Å². The molecule has 2 aromatic heterocycles. The van der Waals surface area contributed by atoms with E-state index in [-0.39, 0.29) is 23.0 Å². The summed E-state index contributed by atoms with van der Waals surface area (Å²) in [5.41, 5.74) is 9.23. The molecule has 1 aliphatic heterocycles. The Balaban J connectivity index is 2.29. The summed E-state index contributed by atoms with van der Waals surface area (Å²) in [5.74, 6) is -0.148. The van der Waals surface area contributed by atoms with Crippen LogP contribution in [0.1, 0.15) is 5.69 Å². The van der Waals surface area contributed by atoms with Gasteiger partial charge in [-0.05, 0) is 28.1 Å². The minimum Gasteiger partial charge on any atom is -0.394 e. The number of nitrogens with two attached hydrogens (primary N) is 2. The minimum absolute atomic E-state index is 0.0353. The Bertz CT molecular complexity index is 821. The molecule has 0 amide bonds. The van der Waals surface area contributed by atoms with Gasteiger partial charge < -0.3 is 26.4 Å². The van der Waals surface area contributed by atoms with Gasteiger partial charge in [0.25, 0.3) is 0 Å². The third kappa shape index (κ3) is 1.93. The topological polar surface area (TPSA) is 156 Å². The molecule has 23 heavy (non-hydrogen) atoms. The van der Waals surface area contributed by atoms with Crippen LogP contribution in [0.3, 0.4) is 0 Å². The Kier molecular flexibility index (Phi) is 3.45. The molecule has 9 nitrogen and oxygen atoms in total. The molecule has 2 aromatic rings. The average Bonchev–Trinajstić information content (AvgIpc) is 2.99. The van der Waals surface area contributed by atoms with Crippen molar-refractivity contribution in [1.29, 1.82) is 5.26 Å². The standard InChI is InChI=1S/C12H12BrFN6O3/c13-12(14)8(22)6(3-21)23-11(12,4-15)7-2-1-5-9(16)18-10(17)19-20(5)7/h1-2,6,8,21-22H,3H2,(H4,16,17,18,19)/t6-,8+,11+,12?/m1/s1. The predicted molar refractivity (Wildman–Crippen MR) is 79.8 cm³/mol. The van der Waals surface area contributed by atoms with Crippen molar-refractivity contribution in [3.8, 4) is 6.07 Å². The fourth-order valence-electron chi connectivity index (χ4n) is 2.64. The number of fused-ring (bicyclic) bond motifs is 1. The second-order valence-electron chi connectivity index (χ2n) is 5.07. The van der Waals surface area contributed by atoms with E-state index in [0.717, 1.165) is 4.52 Å². The Morgan fingerprint density at radius 1 is 1.52 bits per heavy atom. The number of anilines is 2. The van der Waals surface area contributed by atoms with Gasteiger partial charge in [0, 0.05) is 0 Å². The number of nitriles is 1. The van der Waals surface area contributed by atoms with E-state index in [1.165, 1.54) is 12.1 Å². The zero-order chi connectivity index (χ0) is 17.0. The lowest BCUT2D eigenvalue weighted by Crippen LogP contribution is -2.46. The normalized spacial score (nSPS) is 33.9. The molecule has 122 valence electrons. The SMILES string of the molecule is N#C[C@@]1(c2ccc3c(N)nc(N)nn23)O[C@H](CO)[C@H](O)C1(F)Br. The van der Waals surface area contributed by atoms with Gasteiger partial charge in [-0.15, -0.1) is 5.10 Å². The smallest absolute Gasteiger partial charge is 0.244 e. The van der Waals surface area contributed by atoms with Crippen LogP contribution in [0.25, 0.3) is 5.52 Å². The summed E-state index contributed by atoms with van der Waals surface area (Å²) in [6, 6.07) is 4.55. The summed E-state index contributed by atoms with van der Waals surface area (Å²) in [5, 5.41) is 32.8. The van der Waals surface area contributed by atoms with Gasteiger partial charge in [-0.3, -0.25) is 0 Å². The molecule has 11 heteroatoms. The number of aliphatic hydroxyl groups is 2. The van der Waals surface area contributed by atoms with E-state index in [1.807, 2.05) is 0 Å². The summed E-state index contributed by atoms with van der Waals surface area (Å²) in [6.07, 6.45) is -3.09. The maximum atomic E-state index is 15.1. The first-order valence-corrected chi connectivity index (χ1v) is 7.25. The van der Waals surface area contributed by atoms with Crippen LogP contribution in [0.2, 0.25) is 0 Å². The van der Waals surface area contributed by atoms with E-state index < -0.39 is 29.0 Å². The van der Waals surface area contributed by atoms with Crippen molar-refractivity contribution < 1.29 is 19.3 Å². The number of nitrogens with zero attached hydrogens (tertiary/aromatic N) is 4. The molecular formula is C12H12BrFN6O3. The molecule has 0 aliphatic carbocycles. The first-order valence-electron chi connectivity index (χ1n) is 6.45. The van der Waals surface area contributed by atoms with Crippen molar-refractivity contribution >= 4 is 33.2 Å². The molecule has 6 N–H and O–H groups in total. The van der Waals surface area contributed by atoms with Crippen LogP contribution in [-0.2, 0) is 10.3 Å². The lowest BCUT2D eigenvalue weighted by atomic mass is 9.93. The Morgan fingerprint density at radius 3 is 2.78 bits per heavy atom. The van der Waals surface area contributed by atoms with E-state index in [2.05, 4.69) is 26.0 Å². The number of rotatable bonds is 2. The van der Waals surface area contributed by atoms with E-state index in [9.17, 15) is 15.5 Å². The quantitative estimate of drug-likeness (QED) is 0.499. The zero-order valence-corrected chi connectivity index (χ0v) is 13.1. The maximum absolute atomic E-state index is 15.1. The number of hydrogen-bond acceptors (Lipinski definition) is 8. The lowest BCUT2D eigenvalue weighted by molar-refractivity contribution is -0.0587. The maximum Gasteiger partial charge on any atom is 0.244 e. The van der Waals surface area contributed by atoms with Crippen molar-refractivity contribution in [1.82, 2.24) is 14.6 Å². The van der Waals surface area contributed by atoms with E-state index in [4.69, 9.17) is 16.2 Å². The lowest BCUT2D eigenvalue weighted by Gasteiger charge is -2.29. The van der Waals surface area contributed by atoms with Gasteiger partial charge in [-0.1, -0.05) is 0 Å². The molecule has 1 unspecified atom stereocenters. The predicted octanol–water partition coefficient (Wildman–Crippen LogP) is -0.575. The second-order valence-corrected chi connectivity index (χ2v) is 6.22. The minimum atomic E-state index is -2.69. The monoisotopic (exact) mass is 386 g/mol. The number of nitrogen functional groups attached to an aromatic ring is 2. The molecule has 0 bridgehead atoms. The second kappa shape index (κ2) is 5.00. The fraction of sp³-hybridized carbons (Fsp3) is 0.417. The van der Waals surface area contributed by atoms with Gasteiger partial charge >= 0.3 is 0 Å². The van der Waals surface area contributed by atoms with Gasteiger partial charge in [0.15, 0.2) is 5.82 Å². The molecule has 1 fully saturated rings. The highest BCUT2D eigenvalue weighted by Gasteiger charge is 2.68. The highest BCUT2D eigenvalue weighted by atomic mass is 79.9. The first-order chi connectivity index (χ1) is 10.8. The summed E-state index contributed by atoms with van der Waals surface area (Å²) in [4.78, 5) is 3.78. The van der Waals surface area contributed by atoms with E-state index in [1.54, 1.807) is 6.07 Å². The number of halogens is 2. The summed E-state index contributed by atoms with van der Waals surface area (Å²) in [6.45, 7) is -0.676. The molecule has 0 spiro atoms. The first kappa shape index (κ1) is 15.9. The molecule has 4 atom stereocenters. The Labute approximate surface area is 137 Å². The van der Waals surface area contributed by atoms with Crippen LogP contribution in [0, 0.1) is 11.3 Å². The van der Waals surface area contributed by atoms with Gasteiger partial charge in [0.1, 0.15) is 23.8 Å². The van der Waals surface area contributed by atoms with Gasteiger partial charge in [-0.2, -0.15) is 10.2 Å². The summed E-state index contributed by atoms with van der Waals surface area (Å²) < 4.78 is 18.9. The van der Waals surface area contributed by atoms with Crippen LogP contribution >= 0.6 is 15.9 Å². The van der Waals surface area contributed by atoms with Crippen LogP contribution < -0.4 is 11.5 Å². The van der Waals surface area contributed by atoms with Gasteiger partial charge in [0.05, 0.1) is 12.3 Å². The van der Waals surface area contributed by atoms with Crippen molar-refractivity contribution in [2.24, 2.45) is 0 Å². The van der Waals surface area contributed by atoms with Crippen LogP contribution in [0.5, 0.6) is 0 Å². The molecule has 1 saturated heterocycles. The molecule has 3 heterocycles. The van der Waals surface area contributed by atoms with Crippen molar-refractivity contribution in [3.05, 3.63) is 17.8 Å². The van der Waals surface area contributed by atoms with Crippen molar-refractivity contribution in [2.75, 3.05) is 18.1 Å². The molecule has 0 aromatic carbocycles. The van der Waals surface area contributed by atoms with Crippen molar-refractivity contribution in [3.63, 3.8) is 0 Å². The Hall–Kier alpha value is -2.00. The number of aliphatic hydroxyl groups excluding tert-OH is 2. The number of aromatic nitrogens is 3. The van der Waals surface area contributed by atoms with Crippen LogP contribution in [0.15, 0.2) is 12.1 Å². The third-order valence-corrected chi connectivity index (χ3v) is 4.80. The summed E-state index contributed by atoms with van der Waals surface area (Å²) in [7, 11) is 0. The zero-order valence-electron chi connectivity index (χ0n) is 11.5. The van der Waals surface area contributed by atoms with E-state index >= 15 is 4.39 Å². The van der Waals surface area contributed by atoms with E-state index in [0.29, 0.717) is 0 Å². The number of alkyl halides is 2. The van der Waals surface area contributed by atoms with Gasteiger partial charge in [-0.25, -0.2) is 8.91 Å². The number of hydrogen-bond donors (Lipinski definition) is 4. The Morgan fingerprint density at radius 2 is 2.22 bits per heavy atom. The highest BCUT2D eigenvalue weighted by Crippen LogP contribution is 2.53. The average molecular weight is 387 g/mol. The third-order valence-electron chi connectivity index (χ3n) is 3.77. The highest BCUT2D eigenvalue weighted by molar-refractivity contribution is 9.10. The molecule has 1 aliphatic rings. The molecular weight excluding hydrogens is 375 g/mol. The molecule has 3 rings (SSSR count). The van der Waals surface area contributed by atoms with Gasteiger partial charge in [0.2, 0.25) is 16.1 Å². The molecule has 0 radical (unpaired) electrons. The largest absolute Gasteiger partial charge is 0.394 e.